The van der Waals surface area contributed by atoms with Crippen molar-refractivity contribution in [3.05, 3.63) is 48.0 Å². The van der Waals surface area contributed by atoms with Gasteiger partial charge in [-0.2, -0.15) is 12.6 Å². The minimum Gasteiger partial charge on any atom is -0.508 e. The minimum atomic E-state index is -0.647. The number of fused-ring (bicyclic) bond motifs is 1. The summed E-state index contributed by atoms with van der Waals surface area (Å²) in [4.78, 5) is 23.8. The third-order valence-corrected chi connectivity index (χ3v) is 4.81. The van der Waals surface area contributed by atoms with Crippen LogP contribution in [0.3, 0.4) is 0 Å². The van der Waals surface area contributed by atoms with E-state index in [0.717, 1.165) is 0 Å². The summed E-state index contributed by atoms with van der Waals surface area (Å²) in [5.41, 5.74) is 1.21. The quantitative estimate of drug-likeness (QED) is 0.428. The molecule has 0 saturated carbocycles. The standard InChI is InChI=1S/C21H23NO7S/c1-13(8-9-26-19(24)11-30)20(14-2-5-16(23)6-3-14)29-21(25)22-15-4-7-17-18(10-15)28-12-27-17/h2-7,10,13,20,23,30H,8-9,11-12H2,1H3,(H,22,25)/t13-,20+/m0/s1. The zero-order valence-electron chi connectivity index (χ0n) is 16.4. The number of phenolic OH excluding ortho intramolecular Hbond substituents is 1. The van der Waals surface area contributed by atoms with Gasteiger partial charge < -0.3 is 24.1 Å². The fraction of sp³-hybridized carbons (Fsp3) is 0.333. The molecule has 1 aliphatic heterocycles. The molecule has 2 aromatic rings. The number of carbonyl (C=O) groups is 2. The first-order valence-corrected chi connectivity index (χ1v) is 10.0. The van der Waals surface area contributed by atoms with Gasteiger partial charge in [0.1, 0.15) is 11.9 Å². The minimum absolute atomic E-state index is 0.00418. The first-order chi connectivity index (χ1) is 14.5. The number of carbonyl (C=O) groups excluding carboxylic acids is 2. The van der Waals surface area contributed by atoms with Gasteiger partial charge in [0.2, 0.25) is 6.79 Å². The largest absolute Gasteiger partial charge is 0.508 e. The maximum absolute atomic E-state index is 12.5. The van der Waals surface area contributed by atoms with E-state index >= 15 is 0 Å². The van der Waals surface area contributed by atoms with Crippen LogP contribution in [0.25, 0.3) is 0 Å². The van der Waals surface area contributed by atoms with Crippen molar-refractivity contribution < 1.29 is 33.6 Å². The van der Waals surface area contributed by atoms with Crippen molar-refractivity contribution in [3.8, 4) is 17.2 Å². The Morgan fingerprint density at radius 3 is 2.63 bits per heavy atom. The molecular formula is C21H23NO7S. The number of amides is 1. The lowest BCUT2D eigenvalue weighted by Crippen LogP contribution is -2.23. The Morgan fingerprint density at radius 2 is 1.90 bits per heavy atom. The summed E-state index contributed by atoms with van der Waals surface area (Å²) in [7, 11) is 0. The Balaban J connectivity index is 1.67. The molecule has 2 N–H and O–H groups in total. The highest BCUT2D eigenvalue weighted by Gasteiger charge is 2.25. The summed E-state index contributed by atoms with van der Waals surface area (Å²) < 4.78 is 21.3. The van der Waals surface area contributed by atoms with Gasteiger partial charge in [0.05, 0.1) is 12.4 Å². The van der Waals surface area contributed by atoms with Crippen LogP contribution in [0.4, 0.5) is 10.5 Å². The zero-order valence-corrected chi connectivity index (χ0v) is 17.3. The van der Waals surface area contributed by atoms with Crippen molar-refractivity contribution in [1.82, 2.24) is 0 Å². The second-order valence-corrected chi connectivity index (χ2v) is 7.07. The number of esters is 1. The number of aromatic hydroxyl groups is 1. The van der Waals surface area contributed by atoms with Gasteiger partial charge in [-0.25, -0.2) is 4.79 Å². The monoisotopic (exact) mass is 433 g/mol. The zero-order chi connectivity index (χ0) is 21.5. The van der Waals surface area contributed by atoms with E-state index in [1.54, 1.807) is 30.3 Å². The molecule has 30 heavy (non-hydrogen) atoms. The molecule has 160 valence electrons. The number of phenols is 1. The Kier molecular flexibility index (Phi) is 7.29. The lowest BCUT2D eigenvalue weighted by Gasteiger charge is -2.25. The summed E-state index contributed by atoms with van der Waals surface area (Å²) >= 11 is 3.87. The van der Waals surface area contributed by atoms with Crippen molar-refractivity contribution in [2.45, 2.75) is 19.4 Å². The van der Waals surface area contributed by atoms with Crippen LogP contribution in [0.1, 0.15) is 25.0 Å². The molecule has 8 nitrogen and oxygen atoms in total. The van der Waals surface area contributed by atoms with Gasteiger partial charge in [0.15, 0.2) is 11.5 Å². The first-order valence-electron chi connectivity index (χ1n) is 9.39. The van der Waals surface area contributed by atoms with Crippen molar-refractivity contribution in [1.29, 1.82) is 0 Å². The van der Waals surface area contributed by atoms with Gasteiger partial charge in [-0.05, 0) is 36.2 Å². The number of anilines is 1. The second-order valence-electron chi connectivity index (χ2n) is 6.76. The molecule has 0 aliphatic carbocycles. The molecule has 0 bridgehead atoms. The molecule has 3 rings (SSSR count). The highest BCUT2D eigenvalue weighted by atomic mass is 32.1. The van der Waals surface area contributed by atoms with E-state index < -0.39 is 18.2 Å². The summed E-state index contributed by atoms with van der Waals surface area (Å²) in [5, 5.41) is 12.2. The van der Waals surface area contributed by atoms with E-state index in [4.69, 9.17) is 18.9 Å². The molecular weight excluding hydrogens is 410 g/mol. The third-order valence-electron chi connectivity index (χ3n) is 4.56. The normalized spacial score (nSPS) is 13.9. The average molecular weight is 433 g/mol. The lowest BCUT2D eigenvalue weighted by atomic mass is 9.94. The van der Waals surface area contributed by atoms with E-state index in [0.29, 0.717) is 29.2 Å². The molecule has 1 heterocycles. The number of thiol groups is 1. The van der Waals surface area contributed by atoms with Gasteiger partial charge in [-0.15, -0.1) is 0 Å². The smallest absolute Gasteiger partial charge is 0.412 e. The molecule has 0 spiro atoms. The molecule has 0 fully saturated rings. The fourth-order valence-electron chi connectivity index (χ4n) is 2.97. The van der Waals surface area contributed by atoms with E-state index in [9.17, 15) is 14.7 Å². The lowest BCUT2D eigenvalue weighted by molar-refractivity contribution is -0.141. The maximum atomic E-state index is 12.5. The van der Waals surface area contributed by atoms with E-state index in [2.05, 4.69) is 17.9 Å². The molecule has 0 aromatic heterocycles. The molecule has 0 radical (unpaired) electrons. The number of hydrogen-bond acceptors (Lipinski definition) is 8. The number of hydrogen-bond donors (Lipinski definition) is 3. The van der Waals surface area contributed by atoms with Crippen LogP contribution >= 0.6 is 12.6 Å². The number of rotatable bonds is 8. The molecule has 2 atom stereocenters. The predicted octanol–water partition coefficient (Wildman–Crippen LogP) is 3.91. The first kappa shape index (κ1) is 21.6. The van der Waals surface area contributed by atoms with Crippen molar-refractivity contribution in [2.75, 3.05) is 24.5 Å². The van der Waals surface area contributed by atoms with Crippen LogP contribution in [-0.4, -0.2) is 36.3 Å². The Morgan fingerprint density at radius 1 is 1.17 bits per heavy atom. The number of ether oxygens (including phenoxy) is 4. The van der Waals surface area contributed by atoms with Crippen LogP contribution in [0.15, 0.2) is 42.5 Å². The third kappa shape index (κ3) is 5.73. The topological polar surface area (TPSA) is 103 Å². The second kappa shape index (κ2) is 10.1. The van der Waals surface area contributed by atoms with Crippen LogP contribution in [0.2, 0.25) is 0 Å². The summed E-state index contributed by atoms with van der Waals surface area (Å²) in [5.74, 6) is 0.697. The highest BCUT2D eigenvalue weighted by Crippen LogP contribution is 2.35. The van der Waals surface area contributed by atoms with Crippen molar-refractivity contribution >= 4 is 30.4 Å². The molecule has 9 heteroatoms. The van der Waals surface area contributed by atoms with Gasteiger partial charge in [0.25, 0.3) is 0 Å². The van der Waals surface area contributed by atoms with Gasteiger partial charge >= 0.3 is 12.1 Å². The van der Waals surface area contributed by atoms with Crippen LogP contribution in [0, 0.1) is 5.92 Å². The summed E-state index contributed by atoms with van der Waals surface area (Å²) in [6, 6.07) is 11.5. The maximum Gasteiger partial charge on any atom is 0.412 e. The predicted molar refractivity (Wildman–Crippen MR) is 112 cm³/mol. The van der Waals surface area contributed by atoms with Gasteiger partial charge in [0, 0.05) is 17.7 Å². The summed E-state index contributed by atoms with van der Waals surface area (Å²) in [6.07, 6.45) is -0.789. The van der Waals surface area contributed by atoms with Gasteiger partial charge in [-0.1, -0.05) is 19.1 Å². The summed E-state index contributed by atoms with van der Waals surface area (Å²) in [6.45, 7) is 2.21. The highest BCUT2D eigenvalue weighted by molar-refractivity contribution is 7.81. The molecule has 1 aliphatic rings. The Bertz CT molecular complexity index is 887. The van der Waals surface area contributed by atoms with Crippen molar-refractivity contribution in [3.63, 3.8) is 0 Å². The molecule has 0 saturated heterocycles. The van der Waals surface area contributed by atoms with E-state index in [1.165, 1.54) is 12.1 Å². The molecule has 2 aromatic carbocycles. The average Bonchev–Trinajstić information content (AvgIpc) is 3.20. The van der Waals surface area contributed by atoms with Gasteiger partial charge in [-0.3, -0.25) is 10.1 Å². The van der Waals surface area contributed by atoms with E-state index in [1.807, 2.05) is 6.92 Å². The number of nitrogens with one attached hydrogen (secondary N) is 1. The van der Waals surface area contributed by atoms with E-state index in [-0.39, 0.29) is 30.8 Å². The molecule has 0 unspecified atom stereocenters. The SMILES string of the molecule is C[C@@H](CCOC(=O)CS)[C@@H](OC(=O)Nc1ccc2c(c1)OCO2)c1ccc(O)cc1. The fourth-order valence-corrected chi connectivity index (χ4v) is 3.06. The van der Waals surface area contributed by atoms with Crippen LogP contribution in [-0.2, 0) is 14.3 Å². The van der Waals surface area contributed by atoms with Crippen molar-refractivity contribution in [2.24, 2.45) is 5.92 Å². The Labute approximate surface area is 179 Å². The number of benzene rings is 2. The Hall–Kier alpha value is -3.07. The van der Waals surface area contributed by atoms with Crippen LogP contribution < -0.4 is 14.8 Å². The van der Waals surface area contributed by atoms with Crippen LogP contribution in [0.5, 0.6) is 17.2 Å². The molecule has 1 amide bonds.